The number of nitriles is 1. The molecule has 0 radical (unpaired) electrons. The number of aromatic carboxylic acids is 2. The summed E-state index contributed by atoms with van der Waals surface area (Å²) in [4.78, 5) is 38.2. The quantitative estimate of drug-likeness (QED) is 0.0676. The van der Waals surface area contributed by atoms with E-state index in [-0.39, 0.29) is 28.2 Å². The molecule has 0 unspecified atom stereocenters. The predicted molar refractivity (Wildman–Crippen MR) is 235 cm³/mol. The van der Waals surface area contributed by atoms with Gasteiger partial charge in [-0.05, 0) is 139 Å². The van der Waals surface area contributed by atoms with Crippen LogP contribution in [0, 0.1) is 17.9 Å². The molecule has 5 heterocycles. The van der Waals surface area contributed by atoms with Crippen LogP contribution in [-0.2, 0) is 30.4 Å². The SMILES string of the molecule is [C-]#[N+]/C(C#N)=C1C=C(/C=C/c2cc3c4c(c2)CCCN4CCC3)OC(c2ccc(CCCCCc3ccc(-c4cnc(-c5cc(C(=O)O)ccn5)cc4C(=O)O)cc3)cc2)=C/1. The molecule has 0 atom stereocenters. The fourth-order valence-electron chi connectivity index (χ4n) is 8.37. The van der Waals surface area contributed by atoms with Crippen LogP contribution in [-0.4, -0.2) is 45.2 Å². The third-order valence-corrected chi connectivity index (χ3v) is 11.4. The number of pyridine rings is 2. The highest BCUT2D eigenvalue weighted by Gasteiger charge is 2.24. The minimum atomic E-state index is -1.11. The zero-order valence-electron chi connectivity index (χ0n) is 33.6. The molecule has 0 bridgehead atoms. The number of hydrogen-bond acceptors (Lipinski definition) is 7. The number of nitrogens with zero attached hydrogens (tertiary/aromatic N) is 5. The first-order valence-corrected chi connectivity index (χ1v) is 20.6. The molecule has 5 aromatic rings. The van der Waals surface area contributed by atoms with Crippen molar-refractivity contribution >= 4 is 29.5 Å². The number of anilines is 1. The van der Waals surface area contributed by atoms with Gasteiger partial charge in [0, 0.05) is 42.3 Å². The number of ether oxygens (including phenoxy) is 1. The summed E-state index contributed by atoms with van der Waals surface area (Å²) >= 11 is 0. The summed E-state index contributed by atoms with van der Waals surface area (Å²) in [7, 11) is 0. The van der Waals surface area contributed by atoms with Crippen molar-refractivity contribution in [1.29, 1.82) is 5.26 Å². The Bertz CT molecular complexity index is 2680. The van der Waals surface area contributed by atoms with Gasteiger partial charge in [-0.1, -0.05) is 61.0 Å². The number of carboxylic acid groups (broad SMARTS) is 2. The van der Waals surface area contributed by atoms with Gasteiger partial charge in [-0.3, -0.25) is 9.97 Å². The highest BCUT2D eigenvalue weighted by atomic mass is 16.5. The Hall–Kier alpha value is -7.56. The minimum absolute atomic E-state index is 0.0224. The zero-order chi connectivity index (χ0) is 42.3. The minimum Gasteiger partial charge on any atom is -0.478 e. The molecule has 0 saturated heterocycles. The van der Waals surface area contributed by atoms with Crippen LogP contribution in [0.1, 0.15) is 86.2 Å². The van der Waals surface area contributed by atoms with Crippen LogP contribution in [0.3, 0.4) is 0 Å². The van der Waals surface area contributed by atoms with Crippen LogP contribution in [0.25, 0.3) is 39.2 Å². The van der Waals surface area contributed by atoms with Crippen LogP contribution < -0.4 is 4.90 Å². The maximum atomic E-state index is 12.2. The van der Waals surface area contributed by atoms with E-state index in [9.17, 15) is 25.1 Å². The summed E-state index contributed by atoms with van der Waals surface area (Å²) in [6, 6.07) is 26.9. The molecule has 0 aliphatic carbocycles. The second-order valence-electron chi connectivity index (χ2n) is 15.5. The van der Waals surface area contributed by atoms with E-state index < -0.39 is 11.9 Å². The Morgan fingerprint density at radius 1 is 0.803 bits per heavy atom. The standard InChI is InChI=1S/C51H43N5O5/c1-53-47(31-52)41-27-42(20-15-35-25-38-9-5-23-56-24-6-10-39(26-35)49(38)56)61-48(29-41)37-18-13-34(14-19-37)8-4-2-3-7-33-11-16-36(17-12-33)44-32-55-46(30-43(44)51(59)60)45-28-40(50(57)58)21-22-54-45/h11-22,25-30,32H,2-10,23-24H2,(H,57,58)(H,59,60)/b20-15+,47-41-. The number of carboxylic acids is 2. The zero-order valence-corrected chi connectivity index (χ0v) is 33.6. The monoisotopic (exact) mass is 805 g/mol. The maximum Gasteiger partial charge on any atom is 0.336 e. The molecule has 10 nitrogen and oxygen atoms in total. The largest absolute Gasteiger partial charge is 0.478 e. The molecule has 0 saturated carbocycles. The Morgan fingerprint density at radius 3 is 2.08 bits per heavy atom. The number of allylic oxidation sites excluding steroid dienone is 5. The molecule has 0 spiro atoms. The number of rotatable bonds is 13. The molecule has 3 aliphatic rings. The van der Waals surface area contributed by atoms with Crippen LogP contribution in [0.15, 0.2) is 127 Å². The van der Waals surface area contributed by atoms with Crippen LogP contribution in [0.2, 0.25) is 0 Å². The summed E-state index contributed by atoms with van der Waals surface area (Å²) < 4.78 is 6.37. The van der Waals surface area contributed by atoms with Crippen LogP contribution >= 0.6 is 0 Å². The average molecular weight is 806 g/mol. The van der Waals surface area contributed by atoms with E-state index in [4.69, 9.17) is 11.3 Å². The number of unbranched alkanes of at least 4 members (excludes halogenated alkanes) is 2. The fraction of sp³-hybridized carbons (Fsp3) is 0.216. The van der Waals surface area contributed by atoms with E-state index in [0.717, 1.165) is 80.3 Å². The predicted octanol–water partition coefficient (Wildman–Crippen LogP) is 10.5. The van der Waals surface area contributed by atoms with E-state index in [1.165, 1.54) is 65.8 Å². The van der Waals surface area contributed by atoms with Gasteiger partial charge < -0.3 is 19.8 Å². The third kappa shape index (κ3) is 9.20. The summed E-state index contributed by atoms with van der Waals surface area (Å²) in [5, 5.41) is 29.0. The van der Waals surface area contributed by atoms with Crippen LogP contribution in [0.4, 0.5) is 5.69 Å². The van der Waals surface area contributed by atoms with E-state index in [0.29, 0.717) is 22.7 Å². The Kier molecular flexibility index (Phi) is 12.0. The van der Waals surface area contributed by atoms with Gasteiger partial charge in [0.15, 0.2) is 0 Å². The molecule has 3 aliphatic heterocycles. The number of carbonyl (C=O) groups is 2. The summed E-state index contributed by atoms with van der Waals surface area (Å²) in [6.07, 6.45) is 19.8. The van der Waals surface area contributed by atoms with E-state index in [1.54, 1.807) is 12.2 Å². The van der Waals surface area contributed by atoms with Gasteiger partial charge in [-0.2, -0.15) is 0 Å². The second kappa shape index (κ2) is 18.1. The van der Waals surface area contributed by atoms with Crippen LogP contribution in [0.5, 0.6) is 0 Å². The van der Waals surface area contributed by atoms with Crippen molar-refractivity contribution in [3.63, 3.8) is 0 Å². The molecule has 0 fully saturated rings. The van der Waals surface area contributed by atoms with Crippen molar-refractivity contribution in [2.24, 2.45) is 0 Å². The maximum absolute atomic E-state index is 12.2. The topological polar surface area (TPSA) is 141 Å². The molecular formula is C51H43N5O5. The molecule has 2 N–H and O–H groups in total. The smallest absolute Gasteiger partial charge is 0.336 e. The van der Waals surface area contributed by atoms with Crippen molar-refractivity contribution in [2.45, 2.75) is 57.8 Å². The van der Waals surface area contributed by atoms with Gasteiger partial charge in [0.05, 0.1) is 35.2 Å². The number of hydrogen-bond donors (Lipinski definition) is 2. The van der Waals surface area contributed by atoms with Gasteiger partial charge in [0.25, 0.3) is 5.70 Å². The summed E-state index contributed by atoms with van der Waals surface area (Å²) in [5.74, 6) is -1.05. The highest BCUT2D eigenvalue weighted by Crippen LogP contribution is 2.37. The second-order valence-corrected chi connectivity index (χ2v) is 15.5. The van der Waals surface area contributed by atoms with Gasteiger partial charge in [-0.25, -0.2) is 19.7 Å². The van der Waals surface area contributed by atoms with E-state index >= 15 is 0 Å². The fourth-order valence-corrected chi connectivity index (χ4v) is 8.37. The first-order valence-electron chi connectivity index (χ1n) is 20.6. The van der Waals surface area contributed by atoms with E-state index in [2.05, 4.69) is 50.1 Å². The Morgan fingerprint density at radius 2 is 1.46 bits per heavy atom. The molecule has 8 rings (SSSR count). The number of benzene rings is 3. The Balaban J connectivity index is 0.860. The van der Waals surface area contributed by atoms with Crippen molar-refractivity contribution < 1.29 is 24.5 Å². The first kappa shape index (κ1) is 40.2. The number of aryl methyl sites for hydroxylation is 4. The molecule has 10 heteroatoms. The van der Waals surface area contributed by atoms with E-state index in [1.807, 2.05) is 48.5 Å². The average Bonchev–Trinajstić information content (AvgIpc) is 3.29. The molecular weight excluding hydrogens is 763 g/mol. The summed E-state index contributed by atoms with van der Waals surface area (Å²) in [5.41, 5.74) is 11.0. The summed E-state index contributed by atoms with van der Waals surface area (Å²) in [6.45, 7) is 9.86. The van der Waals surface area contributed by atoms with Gasteiger partial charge >= 0.3 is 11.9 Å². The van der Waals surface area contributed by atoms with Crippen molar-refractivity contribution in [3.8, 4) is 28.6 Å². The van der Waals surface area contributed by atoms with Gasteiger partial charge in [0.2, 0.25) is 0 Å². The molecule has 61 heavy (non-hydrogen) atoms. The molecule has 302 valence electrons. The lowest BCUT2D eigenvalue weighted by Crippen LogP contribution is -2.34. The number of aromatic nitrogens is 2. The lowest BCUT2D eigenvalue weighted by atomic mass is 9.90. The molecule has 3 aromatic carbocycles. The highest BCUT2D eigenvalue weighted by molar-refractivity contribution is 5.97. The van der Waals surface area contributed by atoms with Gasteiger partial charge in [0.1, 0.15) is 11.5 Å². The third-order valence-electron chi connectivity index (χ3n) is 11.4. The first-order chi connectivity index (χ1) is 29.8. The van der Waals surface area contributed by atoms with Crippen molar-refractivity contribution in [2.75, 3.05) is 18.0 Å². The van der Waals surface area contributed by atoms with Crippen molar-refractivity contribution in [3.05, 3.63) is 182 Å². The normalized spacial score (nSPS) is 15.1. The molecule has 0 amide bonds. The van der Waals surface area contributed by atoms with Gasteiger partial charge in [-0.15, -0.1) is 0 Å². The lowest BCUT2D eigenvalue weighted by molar-refractivity contribution is 0.0686. The van der Waals surface area contributed by atoms with Crippen molar-refractivity contribution in [1.82, 2.24) is 9.97 Å². The Labute approximate surface area is 354 Å². The lowest BCUT2D eigenvalue weighted by Gasteiger charge is -2.37. The molecule has 2 aromatic heterocycles.